The number of nitrogens with zero attached hydrogens (tertiary/aromatic N) is 3. The lowest BCUT2D eigenvalue weighted by Crippen LogP contribution is -2.37. The number of carbonyl (C=O) groups excluding carboxylic acids is 1. The molecule has 1 N–H and O–H groups in total. The minimum absolute atomic E-state index is 0.169. The van der Waals surface area contributed by atoms with Crippen molar-refractivity contribution in [2.75, 3.05) is 19.6 Å². The molecule has 1 aromatic heterocycles. The Morgan fingerprint density at radius 1 is 1.52 bits per heavy atom. The molecule has 1 saturated heterocycles. The third-order valence-electron chi connectivity index (χ3n) is 4.10. The van der Waals surface area contributed by atoms with Gasteiger partial charge in [-0.15, -0.1) is 0 Å². The van der Waals surface area contributed by atoms with Crippen molar-refractivity contribution in [1.82, 2.24) is 19.8 Å². The Hall–Kier alpha value is -1.56. The second-order valence-corrected chi connectivity index (χ2v) is 7.30. The fourth-order valence-corrected chi connectivity index (χ4v) is 3.00. The van der Waals surface area contributed by atoms with Crippen LogP contribution in [0.3, 0.4) is 0 Å². The van der Waals surface area contributed by atoms with Crippen molar-refractivity contribution >= 4 is 6.09 Å². The Balaban J connectivity index is 2.04. The van der Waals surface area contributed by atoms with E-state index in [0.29, 0.717) is 12.5 Å². The Bertz CT molecular complexity index is 521. The van der Waals surface area contributed by atoms with Gasteiger partial charge in [-0.05, 0) is 40.2 Å². The summed E-state index contributed by atoms with van der Waals surface area (Å²) in [6.45, 7) is 10.3. The Labute approximate surface area is 139 Å². The van der Waals surface area contributed by atoms with Crippen LogP contribution in [0.4, 0.5) is 4.79 Å². The van der Waals surface area contributed by atoms with Gasteiger partial charge < -0.3 is 19.5 Å². The quantitative estimate of drug-likeness (QED) is 0.905. The second kappa shape index (κ2) is 7.34. The zero-order valence-corrected chi connectivity index (χ0v) is 15.0. The molecular formula is C17H30N4O2. The predicted octanol–water partition coefficient (Wildman–Crippen LogP) is 2.72. The highest BCUT2D eigenvalue weighted by Crippen LogP contribution is 2.30. The molecule has 2 unspecified atom stereocenters. The van der Waals surface area contributed by atoms with Crippen molar-refractivity contribution < 1.29 is 9.53 Å². The van der Waals surface area contributed by atoms with Crippen LogP contribution in [0.15, 0.2) is 12.4 Å². The van der Waals surface area contributed by atoms with Crippen LogP contribution in [-0.4, -0.2) is 45.8 Å². The van der Waals surface area contributed by atoms with E-state index < -0.39 is 5.60 Å². The number of aromatic nitrogens is 2. The van der Waals surface area contributed by atoms with Gasteiger partial charge in [0.1, 0.15) is 11.4 Å². The minimum atomic E-state index is -0.450. The first-order valence-corrected chi connectivity index (χ1v) is 8.50. The molecule has 23 heavy (non-hydrogen) atoms. The number of nitrogens with one attached hydrogen (secondary N) is 1. The summed E-state index contributed by atoms with van der Waals surface area (Å²) >= 11 is 0. The molecule has 1 aliphatic heterocycles. The topological polar surface area (TPSA) is 59.4 Å². The predicted molar refractivity (Wildman–Crippen MR) is 90.2 cm³/mol. The van der Waals surface area contributed by atoms with Crippen LogP contribution < -0.4 is 5.32 Å². The third kappa shape index (κ3) is 4.70. The SMILES string of the molecule is CCCNC(c1nccn1C)C1CCN(C(=O)OC(C)(C)C)C1. The average molecular weight is 322 g/mol. The monoisotopic (exact) mass is 322 g/mol. The lowest BCUT2D eigenvalue weighted by atomic mass is 9.98. The molecular weight excluding hydrogens is 292 g/mol. The number of hydrogen-bond donors (Lipinski definition) is 1. The van der Waals surface area contributed by atoms with E-state index in [1.807, 2.05) is 45.1 Å². The number of carbonyl (C=O) groups is 1. The van der Waals surface area contributed by atoms with Gasteiger partial charge >= 0.3 is 6.09 Å². The van der Waals surface area contributed by atoms with Crippen LogP contribution in [0.25, 0.3) is 0 Å². The molecule has 0 saturated carbocycles. The fraction of sp³-hybridized carbons (Fsp3) is 0.765. The van der Waals surface area contributed by atoms with E-state index >= 15 is 0 Å². The molecule has 1 aliphatic rings. The molecule has 0 aliphatic carbocycles. The van der Waals surface area contributed by atoms with E-state index in [1.54, 1.807) is 0 Å². The molecule has 0 spiro atoms. The molecule has 1 aromatic rings. The largest absolute Gasteiger partial charge is 0.444 e. The van der Waals surface area contributed by atoms with Crippen LogP contribution >= 0.6 is 0 Å². The van der Waals surface area contributed by atoms with Gasteiger partial charge in [0.2, 0.25) is 0 Å². The number of ether oxygens (including phenoxy) is 1. The van der Waals surface area contributed by atoms with Gasteiger partial charge in [-0.25, -0.2) is 9.78 Å². The maximum atomic E-state index is 12.3. The lowest BCUT2D eigenvalue weighted by molar-refractivity contribution is 0.0285. The summed E-state index contributed by atoms with van der Waals surface area (Å²) in [7, 11) is 2.02. The van der Waals surface area contributed by atoms with Crippen molar-refractivity contribution in [3.8, 4) is 0 Å². The van der Waals surface area contributed by atoms with Crippen molar-refractivity contribution in [3.63, 3.8) is 0 Å². The van der Waals surface area contributed by atoms with Crippen molar-refractivity contribution in [3.05, 3.63) is 18.2 Å². The van der Waals surface area contributed by atoms with Gasteiger partial charge in [-0.2, -0.15) is 0 Å². The normalized spacial score (nSPS) is 19.9. The number of aryl methyl sites for hydroxylation is 1. The molecule has 1 amide bonds. The first-order valence-electron chi connectivity index (χ1n) is 8.50. The minimum Gasteiger partial charge on any atom is -0.444 e. The molecule has 6 nitrogen and oxygen atoms in total. The van der Waals surface area contributed by atoms with Gasteiger partial charge in [0.05, 0.1) is 6.04 Å². The van der Waals surface area contributed by atoms with Gasteiger partial charge in [0.25, 0.3) is 0 Å². The maximum Gasteiger partial charge on any atom is 0.410 e. The fourth-order valence-electron chi connectivity index (χ4n) is 3.00. The molecule has 0 bridgehead atoms. The highest BCUT2D eigenvalue weighted by atomic mass is 16.6. The molecule has 6 heteroatoms. The van der Waals surface area contributed by atoms with Crippen LogP contribution in [-0.2, 0) is 11.8 Å². The lowest BCUT2D eigenvalue weighted by Gasteiger charge is -2.26. The smallest absolute Gasteiger partial charge is 0.410 e. The average Bonchev–Trinajstić information content (AvgIpc) is 3.08. The zero-order chi connectivity index (χ0) is 17.0. The van der Waals surface area contributed by atoms with Crippen molar-refractivity contribution in [2.45, 2.75) is 52.2 Å². The first kappa shape index (κ1) is 17.8. The Morgan fingerprint density at radius 3 is 2.83 bits per heavy atom. The highest BCUT2D eigenvalue weighted by molar-refractivity contribution is 5.68. The highest BCUT2D eigenvalue weighted by Gasteiger charge is 2.35. The molecule has 0 radical (unpaired) electrons. The Kier molecular flexibility index (Phi) is 5.68. The summed E-state index contributed by atoms with van der Waals surface area (Å²) in [5.41, 5.74) is -0.450. The van der Waals surface area contributed by atoms with E-state index in [1.165, 1.54) is 0 Å². The summed E-state index contributed by atoms with van der Waals surface area (Å²) < 4.78 is 7.55. The zero-order valence-electron chi connectivity index (χ0n) is 15.0. The van der Waals surface area contributed by atoms with Crippen LogP contribution in [0.5, 0.6) is 0 Å². The number of imidazole rings is 1. The standard InChI is InChI=1S/C17H30N4O2/c1-6-8-18-14(15-19-9-11-20(15)5)13-7-10-21(12-13)16(22)23-17(2,3)4/h9,11,13-14,18H,6-8,10,12H2,1-5H3. The van der Waals surface area contributed by atoms with E-state index in [9.17, 15) is 4.79 Å². The van der Waals surface area contributed by atoms with Gasteiger partial charge in [-0.1, -0.05) is 6.92 Å². The molecule has 2 rings (SSSR count). The van der Waals surface area contributed by atoms with E-state index in [2.05, 4.69) is 21.8 Å². The molecule has 0 aromatic carbocycles. The third-order valence-corrected chi connectivity index (χ3v) is 4.10. The molecule has 2 heterocycles. The summed E-state index contributed by atoms with van der Waals surface area (Å²) in [6, 6.07) is 0.169. The molecule has 2 atom stereocenters. The number of hydrogen-bond acceptors (Lipinski definition) is 4. The van der Waals surface area contributed by atoms with Gasteiger partial charge in [0.15, 0.2) is 0 Å². The van der Waals surface area contributed by atoms with E-state index in [-0.39, 0.29) is 12.1 Å². The van der Waals surface area contributed by atoms with Crippen LogP contribution in [0.2, 0.25) is 0 Å². The van der Waals surface area contributed by atoms with Gasteiger partial charge in [-0.3, -0.25) is 0 Å². The number of likely N-dealkylation sites (tertiary alicyclic amines) is 1. The van der Waals surface area contributed by atoms with Crippen molar-refractivity contribution in [1.29, 1.82) is 0 Å². The maximum absolute atomic E-state index is 12.3. The molecule has 1 fully saturated rings. The summed E-state index contributed by atoms with van der Waals surface area (Å²) in [5.74, 6) is 1.39. The summed E-state index contributed by atoms with van der Waals surface area (Å²) in [6.07, 6.45) is 5.62. The van der Waals surface area contributed by atoms with Crippen molar-refractivity contribution in [2.24, 2.45) is 13.0 Å². The van der Waals surface area contributed by atoms with Crippen LogP contribution in [0, 0.1) is 5.92 Å². The van der Waals surface area contributed by atoms with E-state index in [4.69, 9.17) is 4.74 Å². The van der Waals surface area contributed by atoms with Crippen LogP contribution in [0.1, 0.15) is 52.4 Å². The summed E-state index contributed by atoms with van der Waals surface area (Å²) in [4.78, 5) is 18.6. The molecule has 130 valence electrons. The van der Waals surface area contributed by atoms with Gasteiger partial charge in [0, 0.05) is 38.4 Å². The number of amides is 1. The van der Waals surface area contributed by atoms with E-state index in [0.717, 1.165) is 31.8 Å². The number of rotatable bonds is 5. The second-order valence-electron chi connectivity index (χ2n) is 7.30. The first-order chi connectivity index (χ1) is 10.8. The summed E-state index contributed by atoms with van der Waals surface area (Å²) in [5, 5.41) is 3.60. The Morgan fingerprint density at radius 2 is 2.26 bits per heavy atom.